The molecular formula is C21H23N3O3S. The predicted octanol–water partition coefficient (Wildman–Crippen LogP) is 2.88. The number of morpholine rings is 1. The standard InChI is InChI=1S/C21H23N3O3S/c1-14(15-5-3-2-4-6-15)22-19(25)16-7-8-18-17(13-16)23-20(26)21(28-18)24-9-11-27-12-10-24/h2-8,13-14,21H,9-12H2,1H3,(H,22,25)(H,23,26)/t14-,21-/m0/s1. The number of anilines is 1. The number of nitrogens with zero attached hydrogens (tertiary/aromatic N) is 1. The largest absolute Gasteiger partial charge is 0.379 e. The van der Waals surface area contributed by atoms with Crippen LogP contribution in [0.1, 0.15) is 28.9 Å². The van der Waals surface area contributed by atoms with Gasteiger partial charge in [0.05, 0.1) is 24.9 Å². The lowest BCUT2D eigenvalue weighted by Crippen LogP contribution is -2.48. The van der Waals surface area contributed by atoms with E-state index in [1.807, 2.05) is 49.4 Å². The van der Waals surface area contributed by atoms with E-state index in [4.69, 9.17) is 4.74 Å². The fraction of sp³-hybridized carbons (Fsp3) is 0.333. The van der Waals surface area contributed by atoms with Gasteiger partial charge in [-0.2, -0.15) is 0 Å². The van der Waals surface area contributed by atoms with Crippen LogP contribution >= 0.6 is 11.8 Å². The highest BCUT2D eigenvalue weighted by atomic mass is 32.2. The summed E-state index contributed by atoms with van der Waals surface area (Å²) in [6.45, 7) is 4.75. The van der Waals surface area contributed by atoms with Gasteiger partial charge in [-0.05, 0) is 30.7 Å². The molecule has 2 N–H and O–H groups in total. The minimum atomic E-state index is -0.255. The molecule has 0 radical (unpaired) electrons. The van der Waals surface area contributed by atoms with Crippen LogP contribution < -0.4 is 10.6 Å². The Bertz CT molecular complexity index is 868. The molecular weight excluding hydrogens is 374 g/mol. The van der Waals surface area contributed by atoms with Crippen LogP contribution in [-0.2, 0) is 9.53 Å². The quantitative estimate of drug-likeness (QED) is 0.830. The van der Waals surface area contributed by atoms with Gasteiger partial charge in [-0.3, -0.25) is 14.5 Å². The Morgan fingerprint density at radius 3 is 2.71 bits per heavy atom. The third-order valence-electron chi connectivity index (χ3n) is 4.99. The van der Waals surface area contributed by atoms with Gasteiger partial charge in [0, 0.05) is 23.5 Å². The van der Waals surface area contributed by atoms with E-state index < -0.39 is 0 Å². The van der Waals surface area contributed by atoms with Crippen LogP contribution in [0.25, 0.3) is 0 Å². The Morgan fingerprint density at radius 2 is 1.96 bits per heavy atom. The van der Waals surface area contributed by atoms with Crippen molar-refractivity contribution in [2.24, 2.45) is 0 Å². The number of rotatable bonds is 4. The van der Waals surface area contributed by atoms with E-state index in [1.54, 1.807) is 6.07 Å². The van der Waals surface area contributed by atoms with Gasteiger partial charge in [0.2, 0.25) is 0 Å². The molecule has 0 bridgehead atoms. The lowest BCUT2D eigenvalue weighted by molar-refractivity contribution is -0.119. The highest BCUT2D eigenvalue weighted by Crippen LogP contribution is 2.37. The van der Waals surface area contributed by atoms with E-state index in [0.717, 1.165) is 23.5 Å². The van der Waals surface area contributed by atoms with Gasteiger partial charge in [-0.1, -0.05) is 42.1 Å². The minimum Gasteiger partial charge on any atom is -0.379 e. The molecule has 2 heterocycles. The number of ether oxygens (including phenoxy) is 1. The normalized spacial score (nSPS) is 20.8. The highest BCUT2D eigenvalue weighted by molar-refractivity contribution is 8.00. The summed E-state index contributed by atoms with van der Waals surface area (Å²) in [4.78, 5) is 28.3. The average Bonchev–Trinajstić information content (AvgIpc) is 2.74. The SMILES string of the molecule is C[C@H](NC(=O)c1ccc2c(c1)NC(=O)[C@@H](N1CCOCC1)S2)c1ccccc1. The van der Waals surface area contributed by atoms with Crippen LogP contribution in [0.15, 0.2) is 53.4 Å². The molecule has 2 aliphatic heterocycles. The monoisotopic (exact) mass is 397 g/mol. The summed E-state index contributed by atoms with van der Waals surface area (Å²) in [6.07, 6.45) is 0. The maximum Gasteiger partial charge on any atom is 0.252 e. The maximum absolute atomic E-state index is 12.7. The molecule has 2 aromatic rings. The summed E-state index contributed by atoms with van der Waals surface area (Å²) in [5, 5.41) is 5.72. The zero-order valence-corrected chi connectivity index (χ0v) is 16.5. The van der Waals surface area contributed by atoms with Gasteiger partial charge in [0.15, 0.2) is 0 Å². The van der Waals surface area contributed by atoms with Crippen molar-refractivity contribution in [1.29, 1.82) is 0 Å². The Kier molecular flexibility index (Phi) is 5.66. The van der Waals surface area contributed by atoms with E-state index >= 15 is 0 Å². The molecule has 1 saturated heterocycles. The molecule has 2 aromatic carbocycles. The van der Waals surface area contributed by atoms with Crippen LogP contribution in [0, 0.1) is 0 Å². The average molecular weight is 398 g/mol. The summed E-state index contributed by atoms with van der Waals surface area (Å²) in [5.74, 6) is -0.205. The molecule has 2 atom stereocenters. The van der Waals surface area contributed by atoms with Gasteiger partial charge in [-0.15, -0.1) is 0 Å². The van der Waals surface area contributed by atoms with Crippen LogP contribution in [-0.4, -0.2) is 48.4 Å². The third kappa shape index (κ3) is 4.06. The number of hydrogen-bond acceptors (Lipinski definition) is 5. The summed E-state index contributed by atoms with van der Waals surface area (Å²) in [7, 11) is 0. The summed E-state index contributed by atoms with van der Waals surface area (Å²) >= 11 is 1.53. The Labute approximate surface area is 168 Å². The van der Waals surface area contributed by atoms with Crippen molar-refractivity contribution < 1.29 is 14.3 Å². The molecule has 1 fully saturated rings. The number of nitrogens with one attached hydrogen (secondary N) is 2. The van der Waals surface area contributed by atoms with Crippen molar-refractivity contribution in [1.82, 2.24) is 10.2 Å². The van der Waals surface area contributed by atoms with Crippen LogP contribution in [0.3, 0.4) is 0 Å². The van der Waals surface area contributed by atoms with Crippen LogP contribution in [0.4, 0.5) is 5.69 Å². The van der Waals surface area contributed by atoms with E-state index in [1.165, 1.54) is 11.8 Å². The highest BCUT2D eigenvalue weighted by Gasteiger charge is 2.33. The molecule has 2 aliphatic rings. The van der Waals surface area contributed by atoms with E-state index in [0.29, 0.717) is 24.5 Å². The van der Waals surface area contributed by atoms with Crippen LogP contribution in [0.5, 0.6) is 0 Å². The molecule has 2 amide bonds. The first-order valence-electron chi connectivity index (χ1n) is 9.41. The summed E-state index contributed by atoms with van der Waals surface area (Å²) in [5.41, 5.74) is 2.28. The number of amides is 2. The molecule has 0 spiro atoms. The molecule has 146 valence electrons. The molecule has 0 unspecified atom stereocenters. The molecule has 28 heavy (non-hydrogen) atoms. The lowest BCUT2D eigenvalue weighted by Gasteiger charge is -2.35. The second-order valence-electron chi connectivity index (χ2n) is 6.92. The fourth-order valence-electron chi connectivity index (χ4n) is 3.40. The van der Waals surface area contributed by atoms with Gasteiger partial charge in [0.1, 0.15) is 5.37 Å². The second-order valence-corrected chi connectivity index (χ2v) is 8.05. The Hall–Kier alpha value is -2.35. The van der Waals surface area contributed by atoms with E-state index in [-0.39, 0.29) is 23.2 Å². The van der Waals surface area contributed by atoms with Crippen LogP contribution in [0.2, 0.25) is 0 Å². The Balaban J connectivity index is 1.46. The maximum atomic E-state index is 12.7. The second kappa shape index (κ2) is 8.34. The molecule has 7 heteroatoms. The first kappa shape index (κ1) is 19.0. The molecule has 4 rings (SSSR count). The van der Waals surface area contributed by atoms with E-state index in [2.05, 4.69) is 15.5 Å². The number of thioether (sulfide) groups is 1. The first-order chi connectivity index (χ1) is 13.6. The van der Waals surface area contributed by atoms with Crippen molar-refractivity contribution in [2.75, 3.05) is 31.6 Å². The van der Waals surface area contributed by atoms with Gasteiger partial charge in [0.25, 0.3) is 11.8 Å². The lowest BCUT2D eigenvalue weighted by atomic mass is 10.1. The fourth-order valence-corrected chi connectivity index (χ4v) is 4.55. The van der Waals surface area contributed by atoms with Crippen molar-refractivity contribution in [3.05, 3.63) is 59.7 Å². The summed E-state index contributed by atoms with van der Waals surface area (Å²) < 4.78 is 5.37. The van der Waals surface area contributed by atoms with Crippen molar-refractivity contribution >= 4 is 29.3 Å². The Morgan fingerprint density at radius 1 is 1.21 bits per heavy atom. The third-order valence-corrected chi connectivity index (χ3v) is 6.33. The smallest absolute Gasteiger partial charge is 0.252 e. The summed E-state index contributed by atoms with van der Waals surface area (Å²) in [6, 6.07) is 15.2. The topological polar surface area (TPSA) is 70.7 Å². The molecule has 0 aliphatic carbocycles. The number of fused-ring (bicyclic) bond motifs is 1. The predicted molar refractivity (Wildman–Crippen MR) is 109 cm³/mol. The molecule has 0 aromatic heterocycles. The van der Waals surface area contributed by atoms with Crippen molar-refractivity contribution in [3.8, 4) is 0 Å². The number of carbonyl (C=O) groups excluding carboxylic acids is 2. The van der Waals surface area contributed by atoms with Gasteiger partial charge in [-0.25, -0.2) is 0 Å². The first-order valence-corrected chi connectivity index (χ1v) is 10.3. The number of benzene rings is 2. The van der Waals surface area contributed by atoms with Crippen molar-refractivity contribution in [2.45, 2.75) is 23.2 Å². The number of hydrogen-bond donors (Lipinski definition) is 2. The minimum absolute atomic E-state index is 0.0467. The zero-order valence-electron chi connectivity index (χ0n) is 15.7. The molecule has 6 nitrogen and oxygen atoms in total. The zero-order chi connectivity index (χ0) is 19.5. The number of carbonyl (C=O) groups is 2. The molecule has 0 saturated carbocycles. The van der Waals surface area contributed by atoms with Crippen molar-refractivity contribution in [3.63, 3.8) is 0 Å². The van der Waals surface area contributed by atoms with Gasteiger partial charge >= 0.3 is 0 Å². The van der Waals surface area contributed by atoms with E-state index in [9.17, 15) is 9.59 Å². The van der Waals surface area contributed by atoms with Gasteiger partial charge < -0.3 is 15.4 Å².